The van der Waals surface area contributed by atoms with Gasteiger partial charge in [0.25, 0.3) is 0 Å². The van der Waals surface area contributed by atoms with Gasteiger partial charge in [-0.05, 0) is 84.0 Å². The van der Waals surface area contributed by atoms with Crippen molar-refractivity contribution in [2.24, 2.45) is 0 Å². The van der Waals surface area contributed by atoms with Crippen molar-refractivity contribution >= 4 is 66.0 Å². The molecule has 3 rings (SSSR count). The fraction of sp³-hybridized carbons (Fsp3) is 0.286. The molecule has 202 valence electrons. The lowest BCUT2D eigenvalue weighted by Crippen LogP contribution is -2.54. The average Bonchev–Trinajstić information content (AvgIpc) is 2.86. The molecule has 7 nitrogen and oxygen atoms in total. The van der Waals surface area contributed by atoms with Gasteiger partial charge in [-0.15, -0.1) is 0 Å². The van der Waals surface area contributed by atoms with Crippen molar-refractivity contribution in [3.63, 3.8) is 0 Å². The Kier molecular flexibility index (Phi) is 10.8. The van der Waals surface area contributed by atoms with Gasteiger partial charge in [0, 0.05) is 27.1 Å². The summed E-state index contributed by atoms with van der Waals surface area (Å²) in [6, 6.07) is 22.9. The van der Waals surface area contributed by atoms with Gasteiger partial charge in [0.15, 0.2) is 0 Å². The second-order valence-electron chi connectivity index (χ2n) is 9.26. The van der Waals surface area contributed by atoms with Crippen LogP contribution in [0.15, 0.2) is 83.3 Å². The van der Waals surface area contributed by atoms with Crippen LogP contribution in [0.5, 0.6) is 0 Å². The van der Waals surface area contributed by atoms with Gasteiger partial charge < -0.3 is 10.2 Å². The van der Waals surface area contributed by atoms with Crippen molar-refractivity contribution in [1.82, 2.24) is 10.2 Å². The van der Waals surface area contributed by atoms with Crippen molar-refractivity contribution in [2.45, 2.75) is 38.9 Å². The van der Waals surface area contributed by atoms with Crippen LogP contribution in [-0.4, -0.2) is 50.0 Å². The Hall–Kier alpha value is -2.44. The van der Waals surface area contributed by atoms with Crippen LogP contribution in [-0.2, 0) is 32.6 Å². The third kappa shape index (κ3) is 8.81. The number of halogens is 2. The zero-order valence-electron chi connectivity index (χ0n) is 21.5. The van der Waals surface area contributed by atoms with E-state index in [2.05, 4.69) is 43.8 Å². The maximum atomic E-state index is 14.0. The van der Waals surface area contributed by atoms with Crippen LogP contribution in [0.1, 0.15) is 25.0 Å². The molecule has 1 unspecified atom stereocenters. The molecule has 0 aliphatic carbocycles. The van der Waals surface area contributed by atoms with E-state index < -0.39 is 28.5 Å². The summed E-state index contributed by atoms with van der Waals surface area (Å²) in [5.74, 6) is -0.772. The molecule has 0 spiro atoms. The van der Waals surface area contributed by atoms with E-state index in [-0.39, 0.29) is 24.9 Å². The van der Waals surface area contributed by atoms with Gasteiger partial charge in [0.2, 0.25) is 21.8 Å². The Balaban J connectivity index is 2.04. The molecule has 0 heterocycles. The lowest BCUT2D eigenvalue weighted by molar-refractivity contribution is -0.140. The maximum absolute atomic E-state index is 14.0. The second-order valence-corrected chi connectivity index (χ2v) is 13.3. The lowest BCUT2D eigenvalue weighted by atomic mass is 10.0. The lowest BCUT2D eigenvalue weighted by Gasteiger charge is -2.34. The van der Waals surface area contributed by atoms with Crippen LogP contribution < -0.4 is 9.62 Å². The number of nitrogens with one attached hydrogen (secondary N) is 1. The van der Waals surface area contributed by atoms with Crippen molar-refractivity contribution in [3.8, 4) is 0 Å². The third-order valence-corrected chi connectivity index (χ3v) is 8.15. The zero-order chi connectivity index (χ0) is 27.9. The molecule has 0 aromatic heterocycles. The molecule has 38 heavy (non-hydrogen) atoms. The number of carbonyl (C=O) groups is 2. The number of hydrogen-bond acceptors (Lipinski definition) is 4. The van der Waals surface area contributed by atoms with Gasteiger partial charge in [-0.2, -0.15) is 0 Å². The van der Waals surface area contributed by atoms with E-state index in [9.17, 15) is 18.0 Å². The normalized spacial score (nSPS) is 12.2. The molecule has 2 amide bonds. The fourth-order valence-electron chi connectivity index (χ4n) is 3.94. The smallest absolute Gasteiger partial charge is 0.244 e. The van der Waals surface area contributed by atoms with E-state index in [1.165, 1.54) is 4.90 Å². The molecule has 0 aliphatic heterocycles. The molecule has 0 bridgehead atoms. The first-order valence-electron chi connectivity index (χ1n) is 12.1. The van der Waals surface area contributed by atoms with E-state index in [1.54, 1.807) is 24.3 Å². The van der Waals surface area contributed by atoms with E-state index in [1.807, 2.05) is 68.4 Å². The molecule has 0 saturated heterocycles. The van der Waals surface area contributed by atoms with Crippen molar-refractivity contribution in [2.75, 3.05) is 17.1 Å². The Labute approximate surface area is 246 Å². The molecule has 3 aromatic carbocycles. The molecule has 0 fully saturated rings. The van der Waals surface area contributed by atoms with Gasteiger partial charge in [0.05, 0.1) is 11.9 Å². The number of benzene rings is 3. The highest BCUT2D eigenvalue weighted by Crippen LogP contribution is 2.22. The number of sulfonamides is 1. The van der Waals surface area contributed by atoms with Crippen LogP contribution in [0.4, 0.5) is 5.69 Å². The fourth-order valence-corrected chi connectivity index (χ4v) is 5.42. The predicted molar refractivity (Wildman–Crippen MR) is 163 cm³/mol. The minimum absolute atomic E-state index is 0.135. The van der Waals surface area contributed by atoms with Gasteiger partial charge in [-0.1, -0.05) is 58.4 Å². The molecule has 0 saturated carbocycles. The van der Waals surface area contributed by atoms with Gasteiger partial charge >= 0.3 is 0 Å². The highest BCUT2D eigenvalue weighted by molar-refractivity contribution is 14.1. The van der Waals surface area contributed by atoms with E-state index in [4.69, 9.17) is 0 Å². The quantitative estimate of drug-likeness (QED) is 0.285. The van der Waals surface area contributed by atoms with Gasteiger partial charge in [0.1, 0.15) is 12.6 Å². The van der Waals surface area contributed by atoms with Gasteiger partial charge in [-0.3, -0.25) is 13.9 Å². The summed E-state index contributed by atoms with van der Waals surface area (Å²) in [4.78, 5) is 28.9. The van der Waals surface area contributed by atoms with Crippen LogP contribution in [0.2, 0.25) is 0 Å². The number of rotatable bonds is 11. The Morgan fingerprint density at radius 1 is 0.921 bits per heavy atom. The third-order valence-electron chi connectivity index (χ3n) is 5.76. The summed E-state index contributed by atoms with van der Waals surface area (Å²) in [6.45, 7) is 3.43. The number of carbonyl (C=O) groups excluding carboxylic acids is 2. The maximum Gasteiger partial charge on any atom is 0.244 e. The van der Waals surface area contributed by atoms with Crippen molar-refractivity contribution < 1.29 is 18.0 Å². The van der Waals surface area contributed by atoms with Gasteiger partial charge in [-0.25, -0.2) is 8.42 Å². The monoisotopic (exact) mass is 711 g/mol. The second kappa shape index (κ2) is 13.6. The Bertz CT molecular complexity index is 1330. The molecule has 0 aliphatic rings. The minimum Gasteiger partial charge on any atom is -0.352 e. The Morgan fingerprint density at radius 3 is 2.08 bits per heavy atom. The SMILES string of the molecule is CC(C)NC(=O)C(Cc1ccccc1)N(Cc1ccc(Br)cc1)C(=O)CN(c1ccc(I)cc1)S(C)(=O)=O. The summed E-state index contributed by atoms with van der Waals surface area (Å²) < 4.78 is 28.5. The number of amides is 2. The molecule has 10 heteroatoms. The molecular formula is C28H31BrIN3O4S. The van der Waals surface area contributed by atoms with E-state index in [0.29, 0.717) is 5.69 Å². The number of anilines is 1. The largest absolute Gasteiger partial charge is 0.352 e. The van der Waals surface area contributed by atoms with Crippen LogP contribution in [0, 0.1) is 3.57 Å². The standard InChI is InChI=1S/C28H31BrIN3O4S/c1-20(2)31-28(35)26(17-21-7-5-4-6-8-21)32(18-22-9-11-23(29)12-10-22)27(34)19-33(38(3,36)37)25-15-13-24(30)14-16-25/h4-16,20,26H,17-19H2,1-3H3,(H,31,35). The highest BCUT2D eigenvalue weighted by atomic mass is 127. The first kappa shape index (κ1) is 30.1. The summed E-state index contributed by atoms with van der Waals surface area (Å²) in [5.41, 5.74) is 2.09. The molecule has 1 atom stereocenters. The molecular weight excluding hydrogens is 681 g/mol. The average molecular weight is 712 g/mol. The Morgan fingerprint density at radius 2 is 1.53 bits per heavy atom. The summed E-state index contributed by atoms with van der Waals surface area (Å²) >= 11 is 5.57. The van der Waals surface area contributed by atoms with E-state index in [0.717, 1.165) is 29.7 Å². The molecule has 0 radical (unpaired) electrons. The molecule has 3 aromatic rings. The van der Waals surface area contributed by atoms with Crippen LogP contribution >= 0.6 is 38.5 Å². The summed E-state index contributed by atoms with van der Waals surface area (Å²) in [6.07, 6.45) is 1.36. The molecule has 1 N–H and O–H groups in total. The summed E-state index contributed by atoms with van der Waals surface area (Å²) in [5, 5.41) is 2.94. The van der Waals surface area contributed by atoms with Crippen molar-refractivity contribution in [1.29, 1.82) is 0 Å². The first-order chi connectivity index (χ1) is 17.9. The predicted octanol–water partition coefficient (Wildman–Crippen LogP) is 4.98. The number of nitrogens with zero attached hydrogens (tertiary/aromatic N) is 2. The summed E-state index contributed by atoms with van der Waals surface area (Å²) in [7, 11) is -3.79. The van der Waals surface area contributed by atoms with E-state index >= 15 is 0 Å². The van der Waals surface area contributed by atoms with Crippen LogP contribution in [0.3, 0.4) is 0 Å². The van der Waals surface area contributed by atoms with Crippen molar-refractivity contribution in [3.05, 3.63) is 98.0 Å². The first-order valence-corrected chi connectivity index (χ1v) is 15.8. The zero-order valence-corrected chi connectivity index (χ0v) is 26.0. The topological polar surface area (TPSA) is 86.8 Å². The number of hydrogen-bond donors (Lipinski definition) is 1. The van der Waals surface area contributed by atoms with Crippen LogP contribution in [0.25, 0.3) is 0 Å². The minimum atomic E-state index is -3.79. The highest BCUT2D eigenvalue weighted by Gasteiger charge is 2.33.